The van der Waals surface area contributed by atoms with E-state index in [2.05, 4.69) is 49.3 Å². The first-order valence-corrected chi connectivity index (χ1v) is 14.8. The van der Waals surface area contributed by atoms with Crippen LogP contribution >= 0.6 is 23.4 Å². The van der Waals surface area contributed by atoms with Gasteiger partial charge >= 0.3 is 0 Å². The molecule has 1 unspecified atom stereocenters. The number of nitrogens with one attached hydrogen (secondary N) is 1. The van der Waals surface area contributed by atoms with Gasteiger partial charge in [0.25, 0.3) is 5.56 Å². The number of benzene rings is 1. The fraction of sp³-hybridized carbons (Fsp3) is 0.517. The molecule has 38 heavy (non-hydrogen) atoms. The molecule has 1 N–H and O–H groups in total. The Morgan fingerprint density at radius 1 is 1.24 bits per heavy atom. The summed E-state index contributed by atoms with van der Waals surface area (Å²) in [7, 11) is 1.91. The predicted octanol–water partition coefficient (Wildman–Crippen LogP) is 6.74. The number of aryl methyl sites for hydroxylation is 1. The normalized spacial score (nSPS) is 22.1. The Morgan fingerprint density at radius 3 is 2.71 bits per heavy atom. The van der Waals surface area contributed by atoms with Crippen LogP contribution in [0.5, 0.6) is 0 Å². The number of amides is 1. The van der Waals surface area contributed by atoms with Crippen LogP contribution in [-0.4, -0.2) is 44.2 Å². The fourth-order valence-corrected chi connectivity index (χ4v) is 7.77. The number of anilines is 2. The van der Waals surface area contributed by atoms with Gasteiger partial charge in [-0.2, -0.15) is 4.98 Å². The van der Waals surface area contributed by atoms with Crippen LogP contribution in [0, 0.1) is 12.3 Å². The van der Waals surface area contributed by atoms with E-state index in [0.29, 0.717) is 23.3 Å². The van der Waals surface area contributed by atoms with Crippen molar-refractivity contribution in [3.63, 3.8) is 0 Å². The summed E-state index contributed by atoms with van der Waals surface area (Å²) in [5.41, 5.74) is 2.66. The van der Waals surface area contributed by atoms with Gasteiger partial charge in [0.15, 0.2) is 0 Å². The van der Waals surface area contributed by atoms with Crippen molar-refractivity contribution >= 4 is 51.9 Å². The smallest absolute Gasteiger partial charge is 0.271 e. The highest BCUT2D eigenvalue weighted by atomic mass is 35.5. The number of piperidine rings is 1. The summed E-state index contributed by atoms with van der Waals surface area (Å²) in [6.07, 6.45) is 8.45. The van der Waals surface area contributed by atoms with Crippen molar-refractivity contribution in [1.29, 1.82) is 0 Å². The Bertz CT molecular complexity index is 1420. The standard InChI is InChI=1S/C29H36ClN5O2S/c1-5-7-20(6-2)35-26-19(13-23(30)27(35)37)17-31-28(33-26)32-24-9-8-21(12-18(24)3)38-22-14-29(15-22)10-11-34(4)25(36)16-29/h8-9,12-13,17,20,22H,5-7,10-11,14-16H2,1-4H3,(H,31,32,33). The van der Waals surface area contributed by atoms with Gasteiger partial charge in [-0.15, -0.1) is 11.8 Å². The van der Waals surface area contributed by atoms with Gasteiger partial charge in [-0.3, -0.25) is 14.2 Å². The van der Waals surface area contributed by atoms with Crippen molar-refractivity contribution < 1.29 is 4.79 Å². The van der Waals surface area contributed by atoms with Crippen LogP contribution in [0.15, 0.2) is 40.2 Å². The minimum atomic E-state index is -0.205. The average molecular weight is 554 g/mol. The molecule has 2 aliphatic rings. The molecule has 2 fully saturated rings. The maximum atomic E-state index is 13.0. The molecule has 1 amide bonds. The number of nitrogens with zero attached hydrogens (tertiary/aromatic N) is 4. The minimum absolute atomic E-state index is 0.0350. The van der Waals surface area contributed by atoms with Crippen molar-refractivity contribution in [1.82, 2.24) is 19.4 Å². The van der Waals surface area contributed by atoms with Crippen molar-refractivity contribution in [3.8, 4) is 0 Å². The Kier molecular flexibility index (Phi) is 7.74. The Hall–Kier alpha value is -2.58. The molecule has 3 heterocycles. The zero-order chi connectivity index (χ0) is 27.0. The van der Waals surface area contributed by atoms with E-state index >= 15 is 0 Å². The summed E-state index contributed by atoms with van der Waals surface area (Å²) in [5.74, 6) is 0.744. The largest absolute Gasteiger partial charge is 0.346 e. The van der Waals surface area contributed by atoms with Crippen molar-refractivity contribution in [2.45, 2.75) is 81.9 Å². The zero-order valence-electron chi connectivity index (χ0n) is 22.6. The van der Waals surface area contributed by atoms with E-state index in [0.717, 1.165) is 61.7 Å². The summed E-state index contributed by atoms with van der Waals surface area (Å²) >= 11 is 8.19. The number of pyridine rings is 1. The first-order valence-electron chi connectivity index (χ1n) is 13.6. The van der Waals surface area contributed by atoms with E-state index in [9.17, 15) is 9.59 Å². The van der Waals surface area contributed by atoms with Gasteiger partial charge in [-0.1, -0.05) is 31.9 Å². The lowest BCUT2D eigenvalue weighted by Gasteiger charge is -2.51. The van der Waals surface area contributed by atoms with Gasteiger partial charge in [0, 0.05) is 53.5 Å². The molecule has 7 nitrogen and oxygen atoms in total. The first-order chi connectivity index (χ1) is 18.2. The van der Waals surface area contributed by atoms with Crippen LogP contribution in [0.2, 0.25) is 5.02 Å². The number of hydrogen-bond acceptors (Lipinski definition) is 6. The molecule has 1 aromatic carbocycles. The van der Waals surface area contributed by atoms with E-state index in [-0.39, 0.29) is 27.9 Å². The molecule has 2 aromatic heterocycles. The predicted molar refractivity (Wildman–Crippen MR) is 156 cm³/mol. The highest BCUT2D eigenvalue weighted by Crippen LogP contribution is 2.55. The van der Waals surface area contributed by atoms with Crippen molar-refractivity contribution in [3.05, 3.63) is 51.4 Å². The number of carbonyl (C=O) groups excluding carboxylic acids is 1. The van der Waals surface area contributed by atoms with Gasteiger partial charge < -0.3 is 10.2 Å². The third kappa shape index (κ3) is 5.30. The number of halogens is 1. The van der Waals surface area contributed by atoms with Gasteiger partial charge in [-0.05, 0) is 74.3 Å². The van der Waals surface area contributed by atoms with E-state index in [4.69, 9.17) is 16.6 Å². The van der Waals surface area contributed by atoms with E-state index in [1.165, 1.54) is 4.90 Å². The van der Waals surface area contributed by atoms with E-state index in [1.807, 2.05) is 23.7 Å². The number of hydrogen-bond donors (Lipinski definition) is 1. The number of aromatic nitrogens is 3. The molecule has 0 radical (unpaired) electrons. The molecule has 202 valence electrons. The topological polar surface area (TPSA) is 80.1 Å². The second-order valence-electron chi connectivity index (χ2n) is 11.0. The number of thioether (sulfide) groups is 1. The third-order valence-corrected chi connectivity index (χ3v) is 9.65. The summed E-state index contributed by atoms with van der Waals surface area (Å²) < 4.78 is 1.74. The molecule has 1 spiro atoms. The van der Waals surface area contributed by atoms with Crippen molar-refractivity contribution in [2.75, 3.05) is 18.9 Å². The molecule has 0 bridgehead atoms. The van der Waals surface area contributed by atoms with Gasteiger partial charge in [0.05, 0.1) is 0 Å². The van der Waals surface area contributed by atoms with Crippen LogP contribution in [0.1, 0.15) is 70.4 Å². The lowest BCUT2D eigenvalue weighted by molar-refractivity contribution is -0.139. The molecule has 9 heteroatoms. The SMILES string of the molecule is CCCC(CC)n1c(=O)c(Cl)cc2cnc(Nc3ccc(SC4CC5(CCN(C)C(=O)C5)C4)cc3C)nc21. The highest BCUT2D eigenvalue weighted by molar-refractivity contribution is 8.00. The van der Waals surface area contributed by atoms with Gasteiger partial charge in [0.1, 0.15) is 10.7 Å². The molecular formula is C29H36ClN5O2S. The van der Waals surface area contributed by atoms with Crippen LogP contribution in [0.4, 0.5) is 11.6 Å². The molecule has 1 saturated heterocycles. The Morgan fingerprint density at radius 2 is 2.03 bits per heavy atom. The first kappa shape index (κ1) is 27.0. The number of rotatable bonds is 8. The molecule has 3 aromatic rings. The molecule has 1 aliphatic carbocycles. The summed E-state index contributed by atoms with van der Waals surface area (Å²) in [6, 6.07) is 8.09. The number of carbonyl (C=O) groups is 1. The fourth-order valence-electron chi connectivity index (χ4n) is 5.91. The third-order valence-electron chi connectivity index (χ3n) is 8.19. The minimum Gasteiger partial charge on any atom is -0.346 e. The molecule has 1 aliphatic heterocycles. The summed E-state index contributed by atoms with van der Waals surface area (Å²) in [4.78, 5) is 37.5. The van der Waals surface area contributed by atoms with Crippen LogP contribution in [0.25, 0.3) is 11.0 Å². The lowest BCUT2D eigenvalue weighted by Crippen LogP contribution is -2.49. The van der Waals surface area contributed by atoms with Crippen LogP contribution in [-0.2, 0) is 4.79 Å². The monoisotopic (exact) mass is 553 g/mol. The highest BCUT2D eigenvalue weighted by Gasteiger charge is 2.48. The van der Waals surface area contributed by atoms with Gasteiger partial charge in [-0.25, -0.2) is 4.98 Å². The lowest BCUT2D eigenvalue weighted by atomic mass is 9.62. The maximum Gasteiger partial charge on any atom is 0.271 e. The molecular weight excluding hydrogens is 518 g/mol. The quantitative estimate of drug-likeness (QED) is 0.332. The second kappa shape index (κ2) is 10.9. The van der Waals surface area contributed by atoms with Crippen LogP contribution in [0.3, 0.4) is 0 Å². The number of fused-ring (bicyclic) bond motifs is 1. The molecule has 5 rings (SSSR count). The average Bonchev–Trinajstić information content (AvgIpc) is 2.87. The zero-order valence-corrected chi connectivity index (χ0v) is 24.2. The Labute approximate surface area is 233 Å². The molecule has 1 atom stereocenters. The van der Waals surface area contributed by atoms with E-state index in [1.54, 1.807) is 16.8 Å². The Balaban J connectivity index is 1.31. The van der Waals surface area contributed by atoms with Gasteiger partial charge in [0.2, 0.25) is 11.9 Å². The van der Waals surface area contributed by atoms with Crippen molar-refractivity contribution in [2.24, 2.45) is 5.41 Å². The summed E-state index contributed by atoms with van der Waals surface area (Å²) in [5, 5.41) is 4.87. The summed E-state index contributed by atoms with van der Waals surface area (Å²) in [6.45, 7) is 7.16. The number of likely N-dealkylation sites (tertiary alicyclic amines) is 1. The van der Waals surface area contributed by atoms with E-state index < -0.39 is 0 Å². The molecule has 1 saturated carbocycles. The second-order valence-corrected chi connectivity index (χ2v) is 12.8. The van der Waals surface area contributed by atoms with Crippen LogP contribution < -0.4 is 10.9 Å². The maximum absolute atomic E-state index is 13.0.